The van der Waals surface area contributed by atoms with Gasteiger partial charge < -0.3 is 4.42 Å². The monoisotopic (exact) mass is 333 g/mol. The van der Waals surface area contributed by atoms with Crippen LogP contribution in [0.5, 0.6) is 0 Å². The maximum absolute atomic E-state index is 5.88. The van der Waals surface area contributed by atoms with E-state index >= 15 is 0 Å². The summed E-state index contributed by atoms with van der Waals surface area (Å²) in [5.74, 6) is 1.74. The highest BCUT2D eigenvalue weighted by atomic mass is 16.3. The molecule has 0 bridgehead atoms. The molecule has 0 saturated heterocycles. The Bertz CT molecular complexity index is 907. The summed E-state index contributed by atoms with van der Waals surface area (Å²) in [6, 6.07) is 16.2. The standard InChI is InChI=1S/C19H19N5O/c1-23(14-17-7-8-19(25-17)18-9-11-20-22-18)13-15-3-5-16(6-4-15)24-12-2-10-21-24/h2-12H,13-14H2,1H3,(H,20,22). The van der Waals surface area contributed by atoms with E-state index in [0.717, 1.165) is 36.0 Å². The van der Waals surface area contributed by atoms with E-state index in [0.29, 0.717) is 0 Å². The van der Waals surface area contributed by atoms with Gasteiger partial charge in [-0.3, -0.25) is 10.00 Å². The van der Waals surface area contributed by atoms with Crippen LogP contribution in [0.1, 0.15) is 11.3 Å². The van der Waals surface area contributed by atoms with E-state index in [1.54, 1.807) is 12.4 Å². The maximum Gasteiger partial charge on any atom is 0.152 e. The first-order valence-electron chi connectivity index (χ1n) is 8.14. The fraction of sp³-hybridized carbons (Fsp3) is 0.158. The topological polar surface area (TPSA) is 62.9 Å². The lowest BCUT2D eigenvalue weighted by atomic mass is 10.2. The summed E-state index contributed by atoms with van der Waals surface area (Å²) in [5, 5.41) is 11.1. The molecule has 0 spiro atoms. The zero-order chi connectivity index (χ0) is 17.1. The number of benzene rings is 1. The Kier molecular flexibility index (Phi) is 4.18. The van der Waals surface area contributed by atoms with Crippen LogP contribution >= 0.6 is 0 Å². The SMILES string of the molecule is CN(Cc1ccc(-n2cccn2)cc1)Cc1ccc(-c2ccn[nH]2)o1. The van der Waals surface area contributed by atoms with Crippen LogP contribution in [-0.2, 0) is 13.1 Å². The average Bonchev–Trinajstić information content (AvgIpc) is 3.37. The Labute approximate surface area is 145 Å². The molecule has 0 amide bonds. The smallest absolute Gasteiger partial charge is 0.152 e. The molecule has 3 aromatic heterocycles. The average molecular weight is 333 g/mol. The second-order valence-electron chi connectivity index (χ2n) is 6.03. The summed E-state index contributed by atoms with van der Waals surface area (Å²) in [5.41, 5.74) is 3.20. The number of H-pyrrole nitrogens is 1. The number of nitrogens with one attached hydrogen (secondary N) is 1. The largest absolute Gasteiger partial charge is 0.458 e. The van der Waals surface area contributed by atoms with Crippen LogP contribution in [0.2, 0.25) is 0 Å². The molecule has 0 atom stereocenters. The van der Waals surface area contributed by atoms with Crippen LogP contribution in [0.25, 0.3) is 17.1 Å². The van der Waals surface area contributed by atoms with Gasteiger partial charge in [0.05, 0.1) is 12.2 Å². The molecule has 0 fully saturated rings. The lowest BCUT2D eigenvalue weighted by Gasteiger charge is -2.15. The molecule has 4 aromatic rings. The lowest BCUT2D eigenvalue weighted by molar-refractivity contribution is 0.289. The number of aromatic nitrogens is 4. The van der Waals surface area contributed by atoms with Crippen LogP contribution in [-0.4, -0.2) is 31.9 Å². The Balaban J connectivity index is 1.38. The molecule has 6 heteroatoms. The van der Waals surface area contributed by atoms with Crippen LogP contribution in [0.3, 0.4) is 0 Å². The van der Waals surface area contributed by atoms with Crippen molar-refractivity contribution in [1.82, 2.24) is 24.9 Å². The maximum atomic E-state index is 5.88. The zero-order valence-electron chi connectivity index (χ0n) is 14.0. The Morgan fingerprint density at radius 1 is 1.04 bits per heavy atom. The van der Waals surface area contributed by atoms with Gasteiger partial charge >= 0.3 is 0 Å². The first-order chi connectivity index (χ1) is 12.3. The van der Waals surface area contributed by atoms with Crippen molar-refractivity contribution in [1.29, 1.82) is 0 Å². The van der Waals surface area contributed by atoms with Crippen molar-refractivity contribution in [2.45, 2.75) is 13.1 Å². The first-order valence-corrected chi connectivity index (χ1v) is 8.14. The number of aromatic amines is 1. The minimum absolute atomic E-state index is 0.745. The van der Waals surface area contributed by atoms with E-state index in [1.165, 1.54) is 5.56 Å². The van der Waals surface area contributed by atoms with Crippen molar-refractivity contribution in [3.8, 4) is 17.1 Å². The molecule has 0 saturated carbocycles. The van der Waals surface area contributed by atoms with Crippen LogP contribution < -0.4 is 0 Å². The molecule has 126 valence electrons. The molecular formula is C19H19N5O. The van der Waals surface area contributed by atoms with Crippen molar-refractivity contribution in [3.63, 3.8) is 0 Å². The van der Waals surface area contributed by atoms with Crippen molar-refractivity contribution in [3.05, 3.63) is 78.4 Å². The highest BCUT2D eigenvalue weighted by Gasteiger charge is 2.09. The summed E-state index contributed by atoms with van der Waals surface area (Å²) < 4.78 is 7.73. The summed E-state index contributed by atoms with van der Waals surface area (Å²) >= 11 is 0. The van der Waals surface area contributed by atoms with Gasteiger partial charge in [0.15, 0.2) is 5.76 Å². The van der Waals surface area contributed by atoms with Gasteiger partial charge in [0.2, 0.25) is 0 Å². The Morgan fingerprint density at radius 2 is 1.92 bits per heavy atom. The van der Waals surface area contributed by atoms with Gasteiger partial charge in [0.1, 0.15) is 11.5 Å². The van der Waals surface area contributed by atoms with Crippen molar-refractivity contribution in [2.24, 2.45) is 0 Å². The van der Waals surface area contributed by atoms with Gasteiger partial charge in [-0.1, -0.05) is 12.1 Å². The summed E-state index contributed by atoms with van der Waals surface area (Å²) in [6.07, 6.45) is 5.44. The van der Waals surface area contributed by atoms with Gasteiger partial charge in [0, 0.05) is 25.1 Å². The predicted octanol–water partition coefficient (Wildman–Crippen LogP) is 3.49. The van der Waals surface area contributed by atoms with Crippen LogP contribution in [0.4, 0.5) is 0 Å². The molecule has 0 radical (unpaired) electrons. The third kappa shape index (κ3) is 3.54. The molecule has 25 heavy (non-hydrogen) atoms. The van der Waals surface area contributed by atoms with Gasteiger partial charge in [-0.25, -0.2) is 4.68 Å². The Morgan fingerprint density at radius 3 is 2.64 bits per heavy atom. The lowest BCUT2D eigenvalue weighted by Crippen LogP contribution is -2.16. The number of hydrogen-bond acceptors (Lipinski definition) is 4. The third-order valence-electron chi connectivity index (χ3n) is 4.01. The number of rotatable bonds is 6. The van der Waals surface area contributed by atoms with Gasteiger partial charge in [-0.05, 0) is 49.0 Å². The zero-order valence-corrected chi connectivity index (χ0v) is 14.0. The van der Waals surface area contributed by atoms with Crippen molar-refractivity contribution < 1.29 is 4.42 Å². The van der Waals surface area contributed by atoms with E-state index < -0.39 is 0 Å². The predicted molar refractivity (Wildman–Crippen MR) is 95.0 cm³/mol. The fourth-order valence-corrected chi connectivity index (χ4v) is 2.81. The quantitative estimate of drug-likeness (QED) is 0.587. The van der Waals surface area contributed by atoms with E-state index in [1.807, 2.05) is 35.1 Å². The number of hydrogen-bond donors (Lipinski definition) is 1. The van der Waals surface area contributed by atoms with E-state index in [4.69, 9.17) is 4.42 Å². The summed E-state index contributed by atoms with van der Waals surface area (Å²) in [6.45, 7) is 1.59. The molecule has 3 heterocycles. The van der Waals surface area contributed by atoms with Gasteiger partial charge in [-0.15, -0.1) is 0 Å². The van der Waals surface area contributed by atoms with E-state index in [9.17, 15) is 0 Å². The molecular weight excluding hydrogens is 314 g/mol. The number of furan rings is 1. The molecule has 1 aromatic carbocycles. The van der Waals surface area contributed by atoms with Gasteiger partial charge in [-0.2, -0.15) is 10.2 Å². The molecule has 6 nitrogen and oxygen atoms in total. The molecule has 1 N–H and O–H groups in total. The Hall–Kier alpha value is -3.12. The molecule has 0 unspecified atom stereocenters. The second-order valence-corrected chi connectivity index (χ2v) is 6.03. The van der Waals surface area contributed by atoms with E-state index in [-0.39, 0.29) is 0 Å². The fourth-order valence-electron chi connectivity index (χ4n) is 2.81. The molecule has 0 aliphatic heterocycles. The highest BCUT2D eigenvalue weighted by Crippen LogP contribution is 2.20. The van der Waals surface area contributed by atoms with Crippen molar-refractivity contribution >= 4 is 0 Å². The second kappa shape index (κ2) is 6.78. The van der Waals surface area contributed by atoms with Crippen LogP contribution in [0.15, 0.2) is 71.5 Å². The first kappa shape index (κ1) is 15.4. The minimum atomic E-state index is 0.745. The normalized spacial score (nSPS) is 11.3. The molecule has 0 aliphatic carbocycles. The van der Waals surface area contributed by atoms with Gasteiger partial charge in [0.25, 0.3) is 0 Å². The highest BCUT2D eigenvalue weighted by molar-refractivity contribution is 5.51. The molecule has 4 rings (SSSR count). The van der Waals surface area contributed by atoms with E-state index in [2.05, 4.69) is 51.5 Å². The van der Waals surface area contributed by atoms with Crippen LogP contribution in [0, 0.1) is 0 Å². The number of nitrogens with zero attached hydrogens (tertiary/aromatic N) is 4. The molecule has 0 aliphatic rings. The summed E-state index contributed by atoms with van der Waals surface area (Å²) in [7, 11) is 2.08. The van der Waals surface area contributed by atoms with Crippen molar-refractivity contribution in [2.75, 3.05) is 7.05 Å². The minimum Gasteiger partial charge on any atom is -0.458 e. The third-order valence-corrected chi connectivity index (χ3v) is 4.01. The summed E-state index contributed by atoms with van der Waals surface area (Å²) in [4.78, 5) is 2.22.